The van der Waals surface area contributed by atoms with E-state index in [1.165, 1.54) is 13.2 Å². The zero-order valence-corrected chi connectivity index (χ0v) is 12.3. The number of ketones is 1. The second-order valence-corrected chi connectivity index (χ2v) is 5.40. The maximum Gasteiger partial charge on any atom is 0.341 e. The summed E-state index contributed by atoms with van der Waals surface area (Å²) in [7, 11) is 1.24. The molecule has 1 aromatic carbocycles. The highest BCUT2D eigenvalue weighted by atomic mass is 35.5. The highest BCUT2D eigenvalue weighted by Crippen LogP contribution is 2.34. The molecule has 0 heterocycles. The van der Waals surface area contributed by atoms with E-state index in [9.17, 15) is 9.59 Å². The minimum atomic E-state index is -0.661. The number of benzene rings is 1. The molecule has 6 heteroatoms. The summed E-state index contributed by atoms with van der Waals surface area (Å²) in [6.07, 6.45) is 3.04. The van der Waals surface area contributed by atoms with Gasteiger partial charge < -0.3 is 10.5 Å². The lowest BCUT2D eigenvalue weighted by Crippen LogP contribution is -2.15. The highest BCUT2D eigenvalue weighted by molar-refractivity contribution is 6.39. The van der Waals surface area contributed by atoms with Crippen molar-refractivity contribution in [2.75, 3.05) is 12.8 Å². The number of nitrogen functional groups attached to an aromatic ring is 1. The lowest BCUT2D eigenvalue weighted by atomic mass is 10.0. The van der Waals surface area contributed by atoms with E-state index >= 15 is 0 Å². The van der Waals surface area contributed by atoms with E-state index in [-0.39, 0.29) is 33.0 Å². The molecule has 20 heavy (non-hydrogen) atoms. The SMILES string of the molecule is COC(=O)C(=Cc1cc(Cl)c(N)c(Cl)c1)C(=O)C1CC1. The third kappa shape index (κ3) is 3.14. The number of carbonyl (C=O) groups excluding carboxylic acids is 2. The summed E-state index contributed by atoms with van der Waals surface area (Å²) in [5.41, 5.74) is 6.44. The number of hydrogen-bond donors (Lipinski definition) is 1. The Bertz CT molecular complexity index is 583. The standard InChI is InChI=1S/C14H13Cl2NO3/c1-20-14(19)9(13(18)8-2-3-8)4-7-5-10(15)12(17)11(16)6-7/h4-6,8H,2-3,17H2,1H3. The number of hydrogen-bond acceptors (Lipinski definition) is 4. The zero-order chi connectivity index (χ0) is 14.9. The summed E-state index contributed by atoms with van der Waals surface area (Å²) in [6, 6.07) is 3.10. The first-order chi connectivity index (χ1) is 9.43. The van der Waals surface area contributed by atoms with E-state index in [1.807, 2.05) is 0 Å². The Morgan fingerprint density at radius 2 is 1.85 bits per heavy atom. The number of rotatable bonds is 4. The fourth-order valence-electron chi connectivity index (χ4n) is 1.76. The van der Waals surface area contributed by atoms with Crippen LogP contribution in [0.5, 0.6) is 0 Å². The lowest BCUT2D eigenvalue weighted by molar-refractivity contribution is -0.137. The van der Waals surface area contributed by atoms with E-state index in [2.05, 4.69) is 4.74 Å². The molecule has 4 nitrogen and oxygen atoms in total. The molecule has 1 aliphatic rings. The molecule has 0 atom stereocenters. The van der Waals surface area contributed by atoms with Crippen molar-refractivity contribution in [3.05, 3.63) is 33.3 Å². The molecule has 0 aliphatic heterocycles. The smallest absolute Gasteiger partial charge is 0.341 e. The number of halogens is 2. The van der Waals surface area contributed by atoms with Crippen LogP contribution in [0.15, 0.2) is 17.7 Å². The van der Waals surface area contributed by atoms with Gasteiger partial charge in [-0.25, -0.2) is 4.79 Å². The zero-order valence-electron chi connectivity index (χ0n) is 10.8. The number of anilines is 1. The molecular formula is C14H13Cl2NO3. The Hall–Kier alpha value is -1.52. The van der Waals surface area contributed by atoms with Gasteiger partial charge in [0.2, 0.25) is 0 Å². The molecule has 0 aromatic heterocycles. The van der Waals surface area contributed by atoms with Gasteiger partial charge in [0.1, 0.15) is 5.57 Å². The van der Waals surface area contributed by atoms with Gasteiger partial charge >= 0.3 is 5.97 Å². The van der Waals surface area contributed by atoms with Crippen molar-refractivity contribution in [3.8, 4) is 0 Å². The summed E-state index contributed by atoms with van der Waals surface area (Å²) in [6.45, 7) is 0. The normalized spacial score (nSPS) is 15.1. The highest BCUT2D eigenvalue weighted by Gasteiger charge is 2.34. The van der Waals surface area contributed by atoms with E-state index in [4.69, 9.17) is 28.9 Å². The molecule has 0 saturated heterocycles. The first-order valence-electron chi connectivity index (χ1n) is 6.02. The van der Waals surface area contributed by atoms with Crippen LogP contribution in [-0.4, -0.2) is 18.9 Å². The van der Waals surface area contributed by atoms with Gasteiger partial charge in [0, 0.05) is 5.92 Å². The lowest BCUT2D eigenvalue weighted by Gasteiger charge is -2.06. The summed E-state index contributed by atoms with van der Waals surface area (Å²) in [4.78, 5) is 23.8. The molecule has 0 radical (unpaired) electrons. The van der Waals surface area contributed by atoms with Crippen LogP contribution in [0.2, 0.25) is 10.0 Å². The number of nitrogens with two attached hydrogens (primary N) is 1. The third-order valence-electron chi connectivity index (χ3n) is 3.03. The molecule has 0 bridgehead atoms. The fraction of sp³-hybridized carbons (Fsp3) is 0.286. The Labute approximate surface area is 126 Å². The molecule has 1 saturated carbocycles. The van der Waals surface area contributed by atoms with Crippen LogP contribution in [0.4, 0.5) is 5.69 Å². The van der Waals surface area contributed by atoms with Gasteiger partial charge in [-0.15, -0.1) is 0 Å². The van der Waals surface area contributed by atoms with Crippen LogP contribution in [0.3, 0.4) is 0 Å². The van der Waals surface area contributed by atoms with Crippen molar-refractivity contribution in [2.45, 2.75) is 12.8 Å². The summed E-state index contributed by atoms with van der Waals surface area (Å²) in [5, 5.41) is 0.540. The van der Waals surface area contributed by atoms with Crippen molar-refractivity contribution in [1.29, 1.82) is 0 Å². The van der Waals surface area contributed by atoms with E-state index in [1.54, 1.807) is 12.1 Å². The minimum absolute atomic E-state index is 0.00639. The summed E-state index contributed by atoms with van der Waals surface area (Å²) in [5.74, 6) is -0.952. The van der Waals surface area contributed by atoms with E-state index in [0.717, 1.165) is 12.8 Å². The Kier molecular flexibility index (Phi) is 4.35. The number of carbonyl (C=O) groups is 2. The topological polar surface area (TPSA) is 69.4 Å². The molecule has 0 amide bonds. The number of ether oxygens (including phenoxy) is 1. The molecule has 1 fully saturated rings. The molecule has 106 valence electrons. The van der Waals surface area contributed by atoms with Crippen LogP contribution < -0.4 is 5.73 Å². The Morgan fingerprint density at radius 3 is 2.30 bits per heavy atom. The van der Waals surface area contributed by atoms with Gasteiger partial charge in [-0.2, -0.15) is 0 Å². The van der Waals surface area contributed by atoms with Crippen LogP contribution in [-0.2, 0) is 14.3 Å². The summed E-state index contributed by atoms with van der Waals surface area (Å²) >= 11 is 11.9. The quantitative estimate of drug-likeness (QED) is 0.305. The second kappa shape index (κ2) is 5.85. The van der Waals surface area contributed by atoms with Crippen LogP contribution in [0.25, 0.3) is 6.08 Å². The second-order valence-electron chi connectivity index (χ2n) is 4.59. The van der Waals surface area contributed by atoms with Gasteiger partial charge in [0.05, 0.1) is 22.8 Å². The predicted molar refractivity (Wildman–Crippen MR) is 78.6 cm³/mol. The molecule has 1 aromatic rings. The van der Waals surface area contributed by atoms with Gasteiger partial charge in [-0.3, -0.25) is 4.79 Å². The monoisotopic (exact) mass is 313 g/mol. The first kappa shape index (κ1) is 14.9. The number of esters is 1. The molecule has 1 aliphatic carbocycles. The molecular weight excluding hydrogens is 301 g/mol. The predicted octanol–water partition coefficient (Wildman–Crippen LogP) is 3.11. The van der Waals surface area contributed by atoms with Crippen LogP contribution in [0, 0.1) is 5.92 Å². The molecule has 2 N–H and O–H groups in total. The van der Waals surface area contributed by atoms with Crippen molar-refractivity contribution < 1.29 is 14.3 Å². The minimum Gasteiger partial charge on any atom is -0.465 e. The average Bonchev–Trinajstić information content (AvgIpc) is 3.24. The van der Waals surface area contributed by atoms with Crippen LogP contribution in [0.1, 0.15) is 18.4 Å². The summed E-state index contributed by atoms with van der Waals surface area (Å²) < 4.78 is 4.65. The van der Waals surface area contributed by atoms with E-state index < -0.39 is 5.97 Å². The first-order valence-corrected chi connectivity index (χ1v) is 6.78. The Morgan fingerprint density at radius 1 is 1.30 bits per heavy atom. The molecule has 2 rings (SSSR count). The van der Waals surface area contributed by atoms with Gasteiger partial charge in [-0.1, -0.05) is 23.2 Å². The van der Waals surface area contributed by atoms with Crippen LogP contribution >= 0.6 is 23.2 Å². The van der Waals surface area contributed by atoms with E-state index in [0.29, 0.717) is 5.56 Å². The maximum atomic E-state index is 12.1. The van der Waals surface area contributed by atoms with Gasteiger partial charge in [-0.05, 0) is 36.6 Å². The van der Waals surface area contributed by atoms with Crippen molar-refractivity contribution in [1.82, 2.24) is 0 Å². The molecule has 0 spiro atoms. The number of Topliss-reactive ketones (excluding diaryl/α,β-unsaturated/α-hetero) is 1. The largest absolute Gasteiger partial charge is 0.465 e. The van der Waals surface area contributed by atoms with Crippen molar-refractivity contribution in [3.63, 3.8) is 0 Å². The third-order valence-corrected chi connectivity index (χ3v) is 3.66. The average molecular weight is 314 g/mol. The fourth-order valence-corrected chi connectivity index (χ4v) is 2.26. The van der Waals surface area contributed by atoms with Gasteiger partial charge in [0.15, 0.2) is 5.78 Å². The Balaban J connectivity index is 2.42. The maximum absolute atomic E-state index is 12.1. The van der Waals surface area contributed by atoms with Crippen molar-refractivity contribution >= 4 is 46.7 Å². The van der Waals surface area contributed by atoms with Crippen molar-refractivity contribution in [2.24, 2.45) is 5.92 Å². The number of methoxy groups -OCH3 is 1. The molecule has 0 unspecified atom stereocenters. The van der Waals surface area contributed by atoms with Gasteiger partial charge in [0.25, 0.3) is 0 Å².